The zero-order valence-corrected chi connectivity index (χ0v) is 10.7. The standard InChI is InChI=1S/C12H9ClFN3S/c13-8-2-1-3-9(14)11(8)17-10-6-16-5-4-7(10)12(15)18/h1-6,17H,(H2,15,18). The van der Waals surface area contributed by atoms with Crippen LogP contribution in [0.5, 0.6) is 0 Å². The number of rotatable bonds is 3. The van der Waals surface area contributed by atoms with Crippen LogP contribution in [0, 0.1) is 5.82 Å². The van der Waals surface area contributed by atoms with E-state index in [1.54, 1.807) is 18.3 Å². The van der Waals surface area contributed by atoms with Crippen LogP contribution in [0.25, 0.3) is 0 Å². The van der Waals surface area contributed by atoms with Crippen LogP contribution in [-0.2, 0) is 0 Å². The van der Waals surface area contributed by atoms with Crippen LogP contribution in [0.15, 0.2) is 36.7 Å². The predicted octanol–water partition coefficient (Wildman–Crippen LogP) is 3.25. The number of pyridine rings is 1. The van der Waals surface area contributed by atoms with E-state index in [-0.39, 0.29) is 15.7 Å². The summed E-state index contributed by atoms with van der Waals surface area (Å²) in [6.45, 7) is 0. The van der Waals surface area contributed by atoms with Crippen LogP contribution in [0.2, 0.25) is 5.02 Å². The van der Waals surface area contributed by atoms with E-state index in [0.29, 0.717) is 11.3 Å². The number of halogens is 2. The first-order valence-corrected chi connectivity index (χ1v) is 5.83. The normalized spacial score (nSPS) is 10.1. The molecule has 0 aliphatic heterocycles. The van der Waals surface area contributed by atoms with E-state index in [4.69, 9.17) is 29.6 Å². The molecule has 0 atom stereocenters. The van der Waals surface area contributed by atoms with Gasteiger partial charge in [-0.2, -0.15) is 0 Å². The Balaban J connectivity index is 2.43. The summed E-state index contributed by atoms with van der Waals surface area (Å²) in [4.78, 5) is 4.14. The van der Waals surface area contributed by atoms with Gasteiger partial charge in [0.05, 0.1) is 22.6 Å². The Hall–Kier alpha value is -1.72. The number of benzene rings is 1. The van der Waals surface area contributed by atoms with Gasteiger partial charge in [0.25, 0.3) is 0 Å². The lowest BCUT2D eigenvalue weighted by atomic mass is 10.2. The quantitative estimate of drug-likeness (QED) is 0.848. The van der Waals surface area contributed by atoms with Gasteiger partial charge in [0, 0.05) is 11.8 Å². The highest BCUT2D eigenvalue weighted by Gasteiger charge is 2.10. The molecule has 0 radical (unpaired) electrons. The minimum Gasteiger partial charge on any atom is -0.389 e. The number of nitrogens with two attached hydrogens (primary N) is 1. The number of aromatic nitrogens is 1. The van der Waals surface area contributed by atoms with Crippen LogP contribution in [0.4, 0.5) is 15.8 Å². The number of anilines is 2. The molecule has 6 heteroatoms. The van der Waals surface area contributed by atoms with Gasteiger partial charge in [-0.1, -0.05) is 29.9 Å². The Labute approximate surface area is 114 Å². The van der Waals surface area contributed by atoms with Crippen molar-refractivity contribution in [2.24, 2.45) is 5.73 Å². The number of hydrogen-bond donors (Lipinski definition) is 2. The summed E-state index contributed by atoms with van der Waals surface area (Å²) in [6, 6.07) is 6.08. The molecule has 0 unspecified atom stereocenters. The van der Waals surface area contributed by atoms with E-state index < -0.39 is 5.82 Å². The van der Waals surface area contributed by atoms with Crippen molar-refractivity contribution in [3.05, 3.63) is 53.1 Å². The summed E-state index contributed by atoms with van der Waals surface area (Å²) in [5, 5.41) is 3.12. The molecule has 1 aromatic carbocycles. The van der Waals surface area contributed by atoms with Crippen molar-refractivity contribution in [1.82, 2.24) is 4.98 Å². The van der Waals surface area contributed by atoms with Crippen molar-refractivity contribution < 1.29 is 4.39 Å². The zero-order valence-electron chi connectivity index (χ0n) is 9.15. The summed E-state index contributed by atoms with van der Waals surface area (Å²) >= 11 is 10.8. The molecule has 2 aromatic rings. The number of hydrogen-bond acceptors (Lipinski definition) is 3. The van der Waals surface area contributed by atoms with E-state index >= 15 is 0 Å². The Kier molecular flexibility index (Phi) is 3.74. The number of para-hydroxylation sites is 1. The first kappa shape index (κ1) is 12.7. The highest BCUT2D eigenvalue weighted by atomic mass is 35.5. The second-order valence-electron chi connectivity index (χ2n) is 3.51. The number of thiocarbonyl (C=S) groups is 1. The molecule has 0 fully saturated rings. The van der Waals surface area contributed by atoms with Gasteiger partial charge in [0.1, 0.15) is 10.8 Å². The summed E-state index contributed by atoms with van der Waals surface area (Å²) in [5.74, 6) is -0.458. The number of nitrogens with zero attached hydrogens (tertiary/aromatic N) is 1. The summed E-state index contributed by atoms with van der Waals surface area (Å²) < 4.78 is 13.6. The molecule has 92 valence electrons. The molecule has 18 heavy (non-hydrogen) atoms. The molecule has 0 bridgehead atoms. The highest BCUT2D eigenvalue weighted by Crippen LogP contribution is 2.29. The molecule has 1 heterocycles. The molecule has 2 rings (SSSR count). The zero-order chi connectivity index (χ0) is 13.1. The van der Waals surface area contributed by atoms with Gasteiger partial charge in [-0.05, 0) is 18.2 Å². The second kappa shape index (κ2) is 5.29. The Morgan fingerprint density at radius 1 is 1.39 bits per heavy atom. The van der Waals surface area contributed by atoms with Crippen molar-refractivity contribution in [1.29, 1.82) is 0 Å². The lowest BCUT2D eigenvalue weighted by Crippen LogP contribution is -2.12. The average Bonchev–Trinajstić information content (AvgIpc) is 2.34. The minimum atomic E-state index is -0.458. The minimum absolute atomic E-state index is 0.171. The van der Waals surface area contributed by atoms with Crippen LogP contribution in [-0.4, -0.2) is 9.97 Å². The van der Waals surface area contributed by atoms with E-state index in [2.05, 4.69) is 10.3 Å². The van der Waals surface area contributed by atoms with E-state index in [1.807, 2.05) is 0 Å². The predicted molar refractivity (Wildman–Crippen MR) is 74.8 cm³/mol. The Morgan fingerprint density at radius 2 is 2.17 bits per heavy atom. The van der Waals surface area contributed by atoms with Crippen molar-refractivity contribution in [2.75, 3.05) is 5.32 Å². The first-order chi connectivity index (χ1) is 8.59. The van der Waals surface area contributed by atoms with Gasteiger partial charge >= 0.3 is 0 Å². The van der Waals surface area contributed by atoms with Crippen molar-refractivity contribution in [2.45, 2.75) is 0 Å². The second-order valence-corrected chi connectivity index (χ2v) is 4.35. The molecular weight excluding hydrogens is 273 g/mol. The SMILES string of the molecule is NC(=S)c1ccncc1Nc1c(F)cccc1Cl. The molecular formula is C12H9ClFN3S. The summed E-state index contributed by atoms with van der Waals surface area (Å²) in [6.07, 6.45) is 3.07. The van der Waals surface area contributed by atoms with E-state index in [0.717, 1.165) is 0 Å². The molecule has 0 spiro atoms. The van der Waals surface area contributed by atoms with Crippen LogP contribution in [0.1, 0.15) is 5.56 Å². The third-order valence-electron chi connectivity index (χ3n) is 2.31. The molecule has 0 aliphatic carbocycles. The lowest BCUT2D eigenvalue weighted by molar-refractivity contribution is 0.632. The smallest absolute Gasteiger partial charge is 0.148 e. The van der Waals surface area contributed by atoms with Crippen molar-refractivity contribution >= 4 is 40.2 Å². The summed E-state index contributed by atoms with van der Waals surface area (Å²) in [7, 11) is 0. The van der Waals surface area contributed by atoms with Gasteiger partial charge < -0.3 is 11.1 Å². The molecule has 0 amide bonds. The van der Waals surface area contributed by atoms with E-state index in [9.17, 15) is 4.39 Å². The van der Waals surface area contributed by atoms with Gasteiger partial charge in [-0.3, -0.25) is 4.98 Å². The average molecular weight is 282 g/mol. The monoisotopic (exact) mass is 281 g/mol. The van der Waals surface area contributed by atoms with Crippen LogP contribution in [0.3, 0.4) is 0 Å². The van der Waals surface area contributed by atoms with Crippen LogP contribution < -0.4 is 11.1 Å². The molecule has 0 saturated heterocycles. The molecule has 3 N–H and O–H groups in total. The fourth-order valence-corrected chi connectivity index (χ4v) is 1.85. The fraction of sp³-hybridized carbons (Fsp3) is 0. The Morgan fingerprint density at radius 3 is 2.83 bits per heavy atom. The maximum absolute atomic E-state index is 13.6. The number of nitrogens with one attached hydrogen (secondary N) is 1. The largest absolute Gasteiger partial charge is 0.389 e. The van der Waals surface area contributed by atoms with Gasteiger partial charge in [-0.25, -0.2) is 4.39 Å². The molecule has 0 aliphatic rings. The third-order valence-corrected chi connectivity index (χ3v) is 2.84. The maximum atomic E-state index is 13.6. The Bertz CT molecular complexity index is 583. The maximum Gasteiger partial charge on any atom is 0.148 e. The molecule has 0 saturated carbocycles. The first-order valence-electron chi connectivity index (χ1n) is 5.04. The fourth-order valence-electron chi connectivity index (χ4n) is 1.46. The van der Waals surface area contributed by atoms with E-state index in [1.165, 1.54) is 18.3 Å². The topological polar surface area (TPSA) is 50.9 Å². The third kappa shape index (κ3) is 2.57. The molecule has 3 nitrogen and oxygen atoms in total. The summed E-state index contributed by atoms with van der Waals surface area (Å²) in [5.41, 5.74) is 6.85. The van der Waals surface area contributed by atoms with Crippen molar-refractivity contribution in [3.63, 3.8) is 0 Å². The van der Waals surface area contributed by atoms with Gasteiger partial charge in [0.15, 0.2) is 0 Å². The lowest BCUT2D eigenvalue weighted by Gasteiger charge is -2.12. The van der Waals surface area contributed by atoms with Crippen LogP contribution >= 0.6 is 23.8 Å². The highest BCUT2D eigenvalue weighted by molar-refractivity contribution is 7.80. The van der Waals surface area contributed by atoms with Gasteiger partial charge in [0.2, 0.25) is 0 Å². The molecule has 1 aromatic heterocycles. The van der Waals surface area contributed by atoms with Crippen molar-refractivity contribution in [3.8, 4) is 0 Å². The van der Waals surface area contributed by atoms with Gasteiger partial charge in [-0.15, -0.1) is 0 Å².